The molecule has 1 aromatic carbocycles. The van der Waals surface area contributed by atoms with Crippen LogP contribution >= 0.6 is 0 Å². The Labute approximate surface area is 171 Å². The number of benzene rings is 1. The summed E-state index contributed by atoms with van der Waals surface area (Å²) in [6.45, 7) is 3.59. The van der Waals surface area contributed by atoms with Gasteiger partial charge in [-0.05, 0) is 38.7 Å². The maximum atomic E-state index is 12.9. The van der Waals surface area contributed by atoms with Gasteiger partial charge in [0.1, 0.15) is 11.8 Å². The van der Waals surface area contributed by atoms with Gasteiger partial charge in [-0.1, -0.05) is 12.1 Å². The first-order valence-electron chi connectivity index (χ1n) is 9.74. The summed E-state index contributed by atoms with van der Waals surface area (Å²) in [7, 11) is 7.36. The third-order valence-corrected chi connectivity index (χ3v) is 5.42. The lowest BCUT2D eigenvalue weighted by Crippen LogP contribution is -2.57. The standard InChI is InChI=1S/C20H32F3N5O/c1-15(20(21,22)23)27-10-12-28(13-11-27)19(24-2)25-14-18(26(3)4)16-6-8-17(29-5)9-7-16/h6-9,15,18H,10-14H2,1-5H3,(H,24,25). The van der Waals surface area contributed by atoms with E-state index in [-0.39, 0.29) is 6.04 Å². The van der Waals surface area contributed by atoms with E-state index in [2.05, 4.69) is 15.2 Å². The molecular weight excluding hydrogens is 383 g/mol. The molecule has 0 saturated carbocycles. The van der Waals surface area contributed by atoms with Crippen molar-refractivity contribution in [3.8, 4) is 5.75 Å². The Morgan fingerprint density at radius 3 is 2.21 bits per heavy atom. The predicted octanol–water partition coefficient (Wildman–Crippen LogP) is 2.44. The van der Waals surface area contributed by atoms with Crippen LogP contribution in [0.5, 0.6) is 5.75 Å². The van der Waals surface area contributed by atoms with Crippen molar-refractivity contribution in [2.75, 3.05) is 61.0 Å². The van der Waals surface area contributed by atoms with E-state index in [0.717, 1.165) is 11.3 Å². The van der Waals surface area contributed by atoms with Crippen LogP contribution in [0.3, 0.4) is 0 Å². The van der Waals surface area contributed by atoms with Gasteiger partial charge in [-0.25, -0.2) is 0 Å². The number of alkyl halides is 3. The molecule has 0 radical (unpaired) electrons. The maximum absolute atomic E-state index is 12.9. The lowest BCUT2D eigenvalue weighted by atomic mass is 10.1. The topological polar surface area (TPSA) is 43.3 Å². The Bertz CT molecular complexity index is 655. The van der Waals surface area contributed by atoms with Crippen LogP contribution in [0.1, 0.15) is 18.5 Å². The van der Waals surface area contributed by atoms with Gasteiger partial charge in [0.05, 0.1) is 13.2 Å². The molecule has 0 aliphatic carbocycles. The lowest BCUT2D eigenvalue weighted by Gasteiger charge is -2.40. The minimum absolute atomic E-state index is 0.115. The largest absolute Gasteiger partial charge is 0.497 e. The van der Waals surface area contributed by atoms with Crippen LogP contribution in [0.4, 0.5) is 13.2 Å². The van der Waals surface area contributed by atoms with Gasteiger partial charge in [0, 0.05) is 39.8 Å². The molecule has 2 atom stereocenters. The molecule has 164 valence electrons. The van der Waals surface area contributed by atoms with Gasteiger partial charge in [-0.15, -0.1) is 0 Å². The smallest absolute Gasteiger partial charge is 0.403 e. The number of nitrogens with one attached hydrogen (secondary N) is 1. The zero-order chi connectivity index (χ0) is 21.6. The Kier molecular flexibility index (Phi) is 8.15. The van der Waals surface area contributed by atoms with Crippen molar-refractivity contribution < 1.29 is 17.9 Å². The van der Waals surface area contributed by atoms with Gasteiger partial charge >= 0.3 is 6.18 Å². The molecule has 0 amide bonds. The van der Waals surface area contributed by atoms with E-state index in [1.165, 1.54) is 11.8 Å². The van der Waals surface area contributed by atoms with E-state index in [4.69, 9.17) is 4.74 Å². The third-order valence-electron chi connectivity index (χ3n) is 5.42. The van der Waals surface area contributed by atoms with Gasteiger partial charge in [-0.3, -0.25) is 9.89 Å². The Hall–Kier alpha value is -2.00. The molecule has 2 rings (SSSR count). The highest BCUT2D eigenvalue weighted by molar-refractivity contribution is 5.80. The van der Waals surface area contributed by atoms with Crippen LogP contribution in [0.25, 0.3) is 0 Å². The normalized spacial score (nSPS) is 18.7. The van der Waals surface area contributed by atoms with Crippen molar-refractivity contribution in [2.24, 2.45) is 4.99 Å². The maximum Gasteiger partial charge on any atom is 0.403 e. The molecular formula is C20H32F3N5O. The summed E-state index contributed by atoms with van der Waals surface area (Å²) in [6.07, 6.45) is -4.20. The van der Waals surface area contributed by atoms with E-state index in [9.17, 15) is 13.2 Å². The molecule has 29 heavy (non-hydrogen) atoms. The van der Waals surface area contributed by atoms with Gasteiger partial charge < -0.3 is 19.9 Å². The number of likely N-dealkylation sites (N-methyl/N-ethyl adjacent to an activating group) is 1. The highest BCUT2D eigenvalue weighted by Crippen LogP contribution is 2.25. The summed E-state index contributed by atoms with van der Waals surface area (Å²) in [4.78, 5) is 9.94. The van der Waals surface area contributed by atoms with Crippen LogP contribution in [0.2, 0.25) is 0 Å². The molecule has 1 aromatic rings. The molecule has 1 fully saturated rings. The number of piperazine rings is 1. The Morgan fingerprint density at radius 2 is 1.76 bits per heavy atom. The molecule has 2 unspecified atom stereocenters. The van der Waals surface area contributed by atoms with E-state index in [1.807, 2.05) is 43.3 Å². The van der Waals surface area contributed by atoms with E-state index in [0.29, 0.717) is 38.7 Å². The Balaban J connectivity index is 1.95. The summed E-state index contributed by atoms with van der Waals surface area (Å²) < 4.78 is 44.1. The summed E-state index contributed by atoms with van der Waals surface area (Å²) in [5.74, 6) is 1.52. The quantitative estimate of drug-likeness (QED) is 0.571. The predicted molar refractivity (Wildman–Crippen MR) is 109 cm³/mol. The lowest BCUT2D eigenvalue weighted by molar-refractivity contribution is -0.181. The molecule has 9 heteroatoms. The zero-order valence-corrected chi connectivity index (χ0v) is 17.8. The molecule has 0 bridgehead atoms. The molecule has 1 aliphatic heterocycles. The fourth-order valence-corrected chi connectivity index (χ4v) is 3.47. The Morgan fingerprint density at radius 1 is 1.17 bits per heavy atom. The van der Waals surface area contributed by atoms with Crippen LogP contribution < -0.4 is 10.1 Å². The van der Waals surface area contributed by atoms with Gasteiger partial charge in [0.15, 0.2) is 5.96 Å². The van der Waals surface area contributed by atoms with Crippen LogP contribution in [0, 0.1) is 0 Å². The number of methoxy groups -OCH3 is 1. The number of rotatable bonds is 6. The molecule has 1 aliphatic rings. The van der Waals surface area contributed by atoms with Crippen molar-refractivity contribution in [2.45, 2.75) is 25.2 Å². The van der Waals surface area contributed by atoms with E-state index >= 15 is 0 Å². The monoisotopic (exact) mass is 415 g/mol. The molecule has 6 nitrogen and oxygen atoms in total. The van der Waals surface area contributed by atoms with Crippen molar-refractivity contribution in [3.63, 3.8) is 0 Å². The zero-order valence-electron chi connectivity index (χ0n) is 17.8. The second kappa shape index (κ2) is 10.2. The number of hydrogen-bond donors (Lipinski definition) is 1. The number of ether oxygens (including phenoxy) is 1. The SMILES string of the molecule is CN=C(NCC(c1ccc(OC)cc1)N(C)C)N1CCN(C(C)C(F)(F)F)CC1. The second-order valence-electron chi connectivity index (χ2n) is 7.42. The van der Waals surface area contributed by atoms with E-state index < -0.39 is 12.2 Å². The molecule has 1 saturated heterocycles. The van der Waals surface area contributed by atoms with Gasteiger partial charge in [0.2, 0.25) is 0 Å². The highest BCUT2D eigenvalue weighted by atomic mass is 19.4. The first-order valence-corrected chi connectivity index (χ1v) is 9.74. The van der Waals surface area contributed by atoms with Crippen molar-refractivity contribution in [1.82, 2.24) is 20.0 Å². The average Bonchev–Trinajstić information content (AvgIpc) is 2.70. The number of nitrogens with zero attached hydrogens (tertiary/aromatic N) is 4. The molecule has 0 aromatic heterocycles. The minimum Gasteiger partial charge on any atom is -0.497 e. The van der Waals surface area contributed by atoms with Gasteiger partial charge in [0.25, 0.3) is 0 Å². The first kappa shape index (κ1) is 23.3. The van der Waals surface area contributed by atoms with E-state index in [1.54, 1.807) is 14.2 Å². The second-order valence-corrected chi connectivity index (χ2v) is 7.42. The number of guanidine groups is 1. The van der Waals surface area contributed by atoms with Crippen LogP contribution in [-0.4, -0.2) is 93.9 Å². The molecule has 1 heterocycles. The summed E-state index contributed by atoms with van der Waals surface area (Å²) in [6, 6.07) is 6.62. The van der Waals surface area contributed by atoms with Crippen LogP contribution in [0.15, 0.2) is 29.3 Å². The minimum atomic E-state index is -4.20. The summed E-state index contributed by atoms with van der Waals surface area (Å²) in [5, 5.41) is 3.38. The number of hydrogen-bond acceptors (Lipinski definition) is 4. The molecule has 0 spiro atoms. The van der Waals surface area contributed by atoms with Crippen molar-refractivity contribution in [3.05, 3.63) is 29.8 Å². The summed E-state index contributed by atoms with van der Waals surface area (Å²) >= 11 is 0. The fraction of sp³-hybridized carbons (Fsp3) is 0.650. The average molecular weight is 416 g/mol. The van der Waals surface area contributed by atoms with Crippen molar-refractivity contribution >= 4 is 5.96 Å². The number of aliphatic imine (C=N–C) groups is 1. The first-order chi connectivity index (χ1) is 13.7. The van der Waals surface area contributed by atoms with Gasteiger partial charge in [-0.2, -0.15) is 13.2 Å². The molecule has 1 N–H and O–H groups in total. The highest BCUT2D eigenvalue weighted by Gasteiger charge is 2.41. The van der Waals surface area contributed by atoms with Crippen molar-refractivity contribution in [1.29, 1.82) is 0 Å². The van der Waals surface area contributed by atoms with Crippen LogP contribution in [-0.2, 0) is 0 Å². The third kappa shape index (κ3) is 6.24. The fourth-order valence-electron chi connectivity index (χ4n) is 3.47. The summed E-state index contributed by atoms with van der Waals surface area (Å²) in [5.41, 5.74) is 1.14. The number of halogens is 3.